The van der Waals surface area contributed by atoms with E-state index in [1.165, 1.54) is 24.9 Å². The zero-order valence-electron chi connectivity index (χ0n) is 17.3. The Morgan fingerprint density at radius 2 is 1.86 bits per heavy atom. The summed E-state index contributed by atoms with van der Waals surface area (Å²) in [7, 11) is 0. The smallest absolute Gasteiger partial charge is 0.345 e. The van der Waals surface area contributed by atoms with E-state index in [0.717, 1.165) is 38.2 Å². The molecule has 2 aromatic rings. The van der Waals surface area contributed by atoms with Gasteiger partial charge in [-0.05, 0) is 62.8 Å². The van der Waals surface area contributed by atoms with Gasteiger partial charge in [0.05, 0.1) is 0 Å². The Labute approximate surface area is 171 Å². The number of piperidine rings is 1. The number of hydrogen-bond donors (Lipinski definition) is 1. The molecule has 1 aromatic carbocycles. The van der Waals surface area contributed by atoms with Gasteiger partial charge in [0.25, 0.3) is 5.91 Å². The van der Waals surface area contributed by atoms with Gasteiger partial charge < -0.3 is 10.2 Å². The predicted octanol–water partition coefficient (Wildman–Crippen LogP) is 2.58. The van der Waals surface area contributed by atoms with Gasteiger partial charge in [-0.25, -0.2) is 9.48 Å². The van der Waals surface area contributed by atoms with Crippen LogP contribution in [0.1, 0.15) is 61.6 Å². The molecule has 0 bridgehead atoms. The van der Waals surface area contributed by atoms with Crippen molar-refractivity contribution in [1.29, 1.82) is 0 Å². The minimum atomic E-state index is -0.0388. The van der Waals surface area contributed by atoms with Crippen molar-refractivity contribution in [3.8, 4) is 0 Å². The maximum Gasteiger partial charge on any atom is 0.345 e. The van der Waals surface area contributed by atoms with Crippen LogP contribution in [0, 0.1) is 0 Å². The van der Waals surface area contributed by atoms with Gasteiger partial charge in [0.1, 0.15) is 5.82 Å². The molecule has 1 atom stereocenters. The molecule has 29 heavy (non-hydrogen) atoms. The summed E-state index contributed by atoms with van der Waals surface area (Å²) in [6, 6.07) is 8.01. The van der Waals surface area contributed by atoms with E-state index in [9.17, 15) is 9.59 Å². The molecule has 0 spiro atoms. The van der Waals surface area contributed by atoms with Crippen molar-refractivity contribution in [3.63, 3.8) is 0 Å². The number of nitrogens with zero attached hydrogens (tertiary/aromatic N) is 4. The Kier molecular flexibility index (Phi) is 6.02. The normalized spacial score (nSPS) is 19.5. The van der Waals surface area contributed by atoms with Gasteiger partial charge in [-0.1, -0.05) is 6.92 Å². The van der Waals surface area contributed by atoms with Crippen LogP contribution in [0.2, 0.25) is 0 Å². The Morgan fingerprint density at radius 3 is 2.59 bits per heavy atom. The van der Waals surface area contributed by atoms with Gasteiger partial charge in [0.15, 0.2) is 0 Å². The largest absolute Gasteiger partial charge is 0.372 e. The third-order valence-corrected chi connectivity index (χ3v) is 6.04. The Balaban J connectivity index is 1.35. The molecule has 0 radical (unpaired) electrons. The average Bonchev–Trinajstić information content (AvgIpc) is 2.92. The Morgan fingerprint density at radius 1 is 1.10 bits per heavy atom. The van der Waals surface area contributed by atoms with Crippen LogP contribution in [-0.4, -0.2) is 39.4 Å². The molecule has 1 amide bonds. The maximum absolute atomic E-state index is 12.7. The molecule has 156 valence electrons. The number of carbonyl (C=O) groups is 1. The van der Waals surface area contributed by atoms with Crippen LogP contribution < -0.4 is 15.9 Å². The molecular formula is C22H31N5O2. The van der Waals surface area contributed by atoms with Crippen molar-refractivity contribution >= 4 is 11.6 Å². The van der Waals surface area contributed by atoms with Crippen molar-refractivity contribution in [1.82, 2.24) is 19.7 Å². The second-order valence-electron chi connectivity index (χ2n) is 8.17. The lowest BCUT2D eigenvalue weighted by molar-refractivity contribution is 0.0933. The van der Waals surface area contributed by atoms with Crippen molar-refractivity contribution in [2.75, 3.05) is 18.0 Å². The summed E-state index contributed by atoms with van der Waals surface area (Å²) in [6.45, 7) is 5.51. The van der Waals surface area contributed by atoms with E-state index in [-0.39, 0.29) is 17.6 Å². The Bertz CT molecular complexity index is 893. The van der Waals surface area contributed by atoms with Crippen LogP contribution in [0.15, 0.2) is 29.1 Å². The second-order valence-corrected chi connectivity index (χ2v) is 8.17. The first kappa shape index (κ1) is 19.7. The average molecular weight is 398 g/mol. The van der Waals surface area contributed by atoms with E-state index in [2.05, 4.69) is 27.4 Å². The van der Waals surface area contributed by atoms with Crippen LogP contribution in [0.3, 0.4) is 0 Å². The summed E-state index contributed by atoms with van der Waals surface area (Å²) < 4.78 is 3.34. The van der Waals surface area contributed by atoms with Gasteiger partial charge in [-0.2, -0.15) is 5.10 Å². The van der Waals surface area contributed by atoms with Crippen LogP contribution in [0.25, 0.3) is 0 Å². The number of fused-ring (bicyclic) bond motifs is 1. The highest BCUT2D eigenvalue weighted by atomic mass is 16.2. The summed E-state index contributed by atoms with van der Waals surface area (Å²) in [5, 5.41) is 7.63. The van der Waals surface area contributed by atoms with E-state index in [4.69, 9.17) is 0 Å². The quantitative estimate of drug-likeness (QED) is 0.842. The molecule has 2 aliphatic heterocycles. The van der Waals surface area contributed by atoms with Crippen molar-refractivity contribution in [2.45, 2.75) is 71.0 Å². The topological polar surface area (TPSA) is 72.2 Å². The lowest BCUT2D eigenvalue weighted by Gasteiger charge is -2.28. The molecule has 0 aliphatic carbocycles. The number of carbonyl (C=O) groups excluding carboxylic acids is 1. The van der Waals surface area contributed by atoms with Crippen molar-refractivity contribution < 1.29 is 4.79 Å². The highest BCUT2D eigenvalue weighted by Gasteiger charge is 2.22. The number of rotatable bonds is 5. The van der Waals surface area contributed by atoms with Crippen LogP contribution >= 0.6 is 0 Å². The summed E-state index contributed by atoms with van der Waals surface area (Å²) >= 11 is 0. The Hall–Kier alpha value is -2.57. The highest BCUT2D eigenvalue weighted by Crippen LogP contribution is 2.20. The lowest BCUT2D eigenvalue weighted by atomic mass is 10.1. The van der Waals surface area contributed by atoms with Gasteiger partial charge in [0, 0.05) is 49.9 Å². The molecule has 1 saturated heterocycles. The molecule has 1 N–H and O–H groups in total. The van der Waals surface area contributed by atoms with Gasteiger partial charge in [-0.3, -0.25) is 9.36 Å². The van der Waals surface area contributed by atoms with E-state index in [1.54, 1.807) is 9.25 Å². The fourth-order valence-corrected chi connectivity index (χ4v) is 4.37. The third-order valence-electron chi connectivity index (χ3n) is 6.04. The predicted molar refractivity (Wildman–Crippen MR) is 113 cm³/mol. The number of nitrogens with one attached hydrogen (secondary N) is 1. The molecule has 2 aliphatic rings. The van der Waals surface area contributed by atoms with E-state index < -0.39 is 0 Å². The van der Waals surface area contributed by atoms with E-state index in [1.807, 2.05) is 19.1 Å². The number of benzene rings is 1. The summed E-state index contributed by atoms with van der Waals surface area (Å²) in [4.78, 5) is 27.6. The van der Waals surface area contributed by atoms with Gasteiger partial charge in [-0.15, -0.1) is 0 Å². The lowest BCUT2D eigenvalue weighted by Crippen LogP contribution is -2.36. The highest BCUT2D eigenvalue weighted by molar-refractivity contribution is 5.94. The monoisotopic (exact) mass is 397 g/mol. The number of hydrogen-bond acceptors (Lipinski definition) is 4. The second kappa shape index (κ2) is 8.84. The first-order chi connectivity index (χ1) is 14.2. The first-order valence-corrected chi connectivity index (χ1v) is 11.0. The number of amides is 1. The minimum Gasteiger partial charge on any atom is -0.372 e. The fraction of sp³-hybridized carbons (Fsp3) is 0.591. The zero-order chi connectivity index (χ0) is 20.2. The summed E-state index contributed by atoms with van der Waals surface area (Å²) in [5.74, 6) is 0.800. The molecule has 4 rings (SSSR count). The SMILES string of the molecule is CCCn1nc2n(c1=O)CCC(NC(=O)c1ccc(N3CCCCC3)cc1)CC2. The van der Waals surface area contributed by atoms with E-state index in [0.29, 0.717) is 25.1 Å². The molecule has 1 aromatic heterocycles. The van der Waals surface area contributed by atoms with Gasteiger partial charge in [0.2, 0.25) is 0 Å². The molecule has 1 unspecified atom stereocenters. The minimum absolute atomic E-state index is 0.0258. The standard InChI is InChI=1S/C22H31N5O2/c1-2-13-27-22(29)26-16-12-18(8-11-20(26)24-27)23-21(28)17-6-9-19(10-7-17)25-14-4-3-5-15-25/h6-7,9-10,18H,2-5,8,11-16H2,1H3,(H,23,28). The van der Waals surface area contributed by atoms with Crippen molar-refractivity contribution in [3.05, 3.63) is 46.1 Å². The number of aromatic nitrogens is 3. The van der Waals surface area contributed by atoms with Crippen LogP contribution in [0.5, 0.6) is 0 Å². The molecule has 3 heterocycles. The van der Waals surface area contributed by atoms with Gasteiger partial charge >= 0.3 is 5.69 Å². The zero-order valence-corrected chi connectivity index (χ0v) is 17.3. The number of aryl methyl sites for hydroxylation is 2. The molecular weight excluding hydrogens is 366 g/mol. The maximum atomic E-state index is 12.7. The third kappa shape index (κ3) is 4.38. The van der Waals surface area contributed by atoms with Crippen LogP contribution in [-0.2, 0) is 19.5 Å². The fourth-order valence-electron chi connectivity index (χ4n) is 4.37. The molecule has 7 heteroatoms. The summed E-state index contributed by atoms with van der Waals surface area (Å²) in [6.07, 6.45) is 6.96. The molecule has 7 nitrogen and oxygen atoms in total. The first-order valence-electron chi connectivity index (χ1n) is 11.0. The van der Waals surface area contributed by atoms with Crippen molar-refractivity contribution in [2.24, 2.45) is 0 Å². The van der Waals surface area contributed by atoms with Crippen LogP contribution in [0.4, 0.5) is 5.69 Å². The number of anilines is 1. The summed E-state index contributed by atoms with van der Waals surface area (Å²) in [5.41, 5.74) is 1.87. The van der Waals surface area contributed by atoms with E-state index >= 15 is 0 Å². The molecule has 1 fully saturated rings. The molecule has 0 saturated carbocycles.